The zero-order valence-corrected chi connectivity index (χ0v) is 8.03. The van der Waals surface area contributed by atoms with Crippen LogP contribution < -0.4 is 0 Å². The van der Waals surface area contributed by atoms with Gasteiger partial charge in [-0.25, -0.2) is 0 Å². The Kier molecular flexibility index (Phi) is 5.88. The Morgan fingerprint density at radius 1 is 1.15 bits per heavy atom. The molecule has 0 bridgehead atoms. The summed E-state index contributed by atoms with van der Waals surface area (Å²) in [5.74, 6) is -1.02. The molecule has 0 unspecified atom stereocenters. The standard InChI is InChI=1S/C8H14O5/c1-4-11-5-8(12-6(2)9)13-7(3)10/h8H,4-5H2,1-3H3. The summed E-state index contributed by atoms with van der Waals surface area (Å²) in [4.78, 5) is 21.1. The van der Waals surface area contributed by atoms with Gasteiger partial charge < -0.3 is 14.2 Å². The average molecular weight is 190 g/mol. The van der Waals surface area contributed by atoms with Crippen LogP contribution in [0.5, 0.6) is 0 Å². The molecule has 0 rings (SSSR count). The molecule has 0 atom stereocenters. The van der Waals surface area contributed by atoms with Crippen molar-refractivity contribution in [3.8, 4) is 0 Å². The minimum absolute atomic E-state index is 0.0651. The highest BCUT2D eigenvalue weighted by Crippen LogP contribution is 1.97. The van der Waals surface area contributed by atoms with Gasteiger partial charge in [-0.2, -0.15) is 0 Å². The molecule has 5 heteroatoms. The van der Waals surface area contributed by atoms with Crippen LogP contribution in [0.15, 0.2) is 0 Å². The predicted molar refractivity (Wildman–Crippen MR) is 43.8 cm³/mol. The van der Waals surface area contributed by atoms with Crippen LogP contribution in [0, 0.1) is 0 Å². The topological polar surface area (TPSA) is 61.8 Å². The summed E-state index contributed by atoms with van der Waals surface area (Å²) in [6, 6.07) is 0. The molecule has 0 radical (unpaired) electrons. The van der Waals surface area contributed by atoms with E-state index in [1.807, 2.05) is 0 Å². The molecule has 0 amide bonds. The van der Waals surface area contributed by atoms with Gasteiger partial charge in [-0.1, -0.05) is 0 Å². The van der Waals surface area contributed by atoms with E-state index in [0.717, 1.165) is 0 Å². The van der Waals surface area contributed by atoms with E-state index in [1.54, 1.807) is 6.92 Å². The Bertz CT molecular complexity index is 161. The van der Waals surface area contributed by atoms with Crippen molar-refractivity contribution >= 4 is 11.9 Å². The molecule has 0 saturated heterocycles. The summed E-state index contributed by atoms with van der Waals surface area (Å²) in [7, 11) is 0. The summed E-state index contributed by atoms with van der Waals surface area (Å²) in [5.41, 5.74) is 0. The molecule has 0 aliphatic rings. The summed E-state index contributed by atoms with van der Waals surface area (Å²) in [6.07, 6.45) is -0.935. The van der Waals surface area contributed by atoms with Crippen LogP contribution >= 0.6 is 0 Å². The monoisotopic (exact) mass is 190 g/mol. The van der Waals surface area contributed by atoms with E-state index in [4.69, 9.17) is 4.74 Å². The van der Waals surface area contributed by atoms with Crippen LogP contribution in [0.2, 0.25) is 0 Å². The number of carbonyl (C=O) groups is 2. The average Bonchev–Trinajstić information content (AvgIpc) is 1.98. The van der Waals surface area contributed by atoms with Crippen molar-refractivity contribution in [2.24, 2.45) is 0 Å². The highest BCUT2D eigenvalue weighted by molar-refractivity contribution is 5.68. The molecule has 0 aliphatic heterocycles. The van der Waals surface area contributed by atoms with Crippen molar-refractivity contribution < 1.29 is 23.8 Å². The summed E-state index contributed by atoms with van der Waals surface area (Å²) in [5, 5.41) is 0. The molecular formula is C8H14O5. The Morgan fingerprint density at radius 2 is 1.62 bits per heavy atom. The number of rotatable bonds is 5. The highest BCUT2D eigenvalue weighted by atomic mass is 16.7. The van der Waals surface area contributed by atoms with Gasteiger partial charge in [-0.15, -0.1) is 0 Å². The fourth-order valence-corrected chi connectivity index (χ4v) is 0.676. The first-order chi connectivity index (χ1) is 6.06. The maximum atomic E-state index is 10.5. The lowest BCUT2D eigenvalue weighted by Gasteiger charge is -2.15. The molecule has 13 heavy (non-hydrogen) atoms. The highest BCUT2D eigenvalue weighted by Gasteiger charge is 2.14. The zero-order valence-electron chi connectivity index (χ0n) is 8.03. The third kappa shape index (κ3) is 7.27. The molecule has 0 fully saturated rings. The lowest BCUT2D eigenvalue weighted by Crippen LogP contribution is -2.27. The number of hydrogen-bond acceptors (Lipinski definition) is 5. The van der Waals surface area contributed by atoms with E-state index < -0.39 is 18.2 Å². The fraction of sp³-hybridized carbons (Fsp3) is 0.750. The second-order valence-corrected chi connectivity index (χ2v) is 2.31. The molecule has 5 nitrogen and oxygen atoms in total. The Labute approximate surface area is 77.0 Å². The van der Waals surface area contributed by atoms with Gasteiger partial charge in [0.25, 0.3) is 6.29 Å². The molecule has 0 aromatic carbocycles. The molecule has 0 aromatic rings. The van der Waals surface area contributed by atoms with Crippen LogP contribution in [-0.2, 0) is 23.8 Å². The van der Waals surface area contributed by atoms with Crippen molar-refractivity contribution in [3.05, 3.63) is 0 Å². The Morgan fingerprint density at radius 3 is 1.92 bits per heavy atom. The second-order valence-electron chi connectivity index (χ2n) is 2.31. The number of esters is 2. The first-order valence-electron chi connectivity index (χ1n) is 3.98. The van der Waals surface area contributed by atoms with Gasteiger partial charge in [0.05, 0.1) is 0 Å². The minimum Gasteiger partial charge on any atom is -0.423 e. The first-order valence-corrected chi connectivity index (χ1v) is 3.98. The van der Waals surface area contributed by atoms with E-state index in [1.165, 1.54) is 13.8 Å². The van der Waals surface area contributed by atoms with Crippen molar-refractivity contribution in [2.45, 2.75) is 27.1 Å². The number of ether oxygens (including phenoxy) is 3. The molecule has 0 N–H and O–H groups in total. The lowest BCUT2D eigenvalue weighted by molar-refractivity contribution is -0.194. The van der Waals surface area contributed by atoms with Crippen LogP contribution in [-0.4, -0.2) is 31.4 Å². The normalized spacial score (nSPS) is 9.85. The van der Waals surface area contributed by atoms with Gasteiger partial charge in [-0.3, -0.25) is 9.59 Å². The van der Waals surface area contributed by atoms with Gasteiger partial charge in [-0.05, 0) is 6.92 Å². The number of carbonyl (C=O) groups excluding carboxylic acids is 2. The van der Waals surface area contributed by atoms with Crippen molar-refractivity contribution in [1.29, 1.82) is 0 Å². The third-order valence-electron chi connectivity index (χ3n) is 1.05. The lowest BCUT2D eigenvalue weighted by atomic mass is 10.6. The molecule has 76 valence electrons. The maximum absolute atomic E-state index is 10.5. The summed E-state index contributed by atoms with van der Waals surface area (Å²) in [6.45, 7) is 4.80. The summed E-state index contributed by atoms with van der Waals surface area (Å²) < 4.78 is 14.3. The molecule has 0 saturated carbocycles. The van der Waals surface area contributed by atoms with Crippen molar-refractivity contribution in [2.75, 3.05) is 13.2 Å². The molecular weight excluding hydrogens is 176 g/mol. The zero-order chi connectivity index (χ0) is 10.3. The smallest absolute Gasteiger partial charge is 0.305 e. The van der Waals surface area contributed by atoms with E-state index in [0.29, 0.717) is 6.61 Å². The SMILES string of the molecule is CCOCC(OC(C)=O)OC(C)=O. The van der Waals surface area contributed by atoms with Crippen LogP contribution in [0.1, 0.15) is 20.8 Å². The Balaban J connectivity index is 3.87. The van der Waals surface area contributed by atoms with Crippen LogP contribution in [0.25, 0.3) is 0 Å². The van der Waals surface area contributed by atoms with Gasteiger partial charge in [0.15, 0.2) is 0 Å². The predicted octanol–water partition coefficient (Wildman–Crippen LogP) is 0.475. The minimum atomic E-state index is -0.935. The van der Waals surface area contributed by atoms with Gasteiger partial charge in [0, 0.05) is 20.5 Å². The van der Waals surface area contributed by atoms with Gasteiger partial charge >= 0.3 is 11.9 Å². The Hall–Kier alpha value is -1.10. The fourth-order valence-electron chi connectivity index (χ4n) is 0.676. The van der Waals surface area contributed by atoms with E-state index in [2.05, 4.69) is 9.47 Å². The molecule has 0 heterocycles. The van der Waals surface area contributed by atoms with Crippen LogP contribution in [0.3, 0.4) is 0 Å². The second kappa shape index (κ2) is 6.42. The molecule has 0 aromatic heterocycles. The van der Waals surface area contributed by atoms with Gasteiger partial charge in [0.1, 0.15) is 6.61 Å². The van der Waals surface area contributed by atoms with Crippen molar-refractivity contribution in [3.63, 3.8) is 0 Å². The first kappa shape index (κ1) is 11.9. The van der Waals surface area contributed by atoms with E-state index in [-0.39, 0.29) is 6.61 Å². The van der Waals surface area contributed by atoms with E-state index in [9.17, 15) is 9.59 Å². The van der Waals surface area contributed by atoms with Crippen molar-refractivity contribution in [1.82, 2.24) is 0 Å². The quantitative estimate of drug-likeness (QED) is 0.466. The van der Waals surface area contributed by atoms with E-state index >= 15 is 0 Å². The van der Waals surface area contributed by atoms with Gasteiger partial charge in [0.2, 0.25) is 0 Å². The third-order valence-corrected chi connectivity index (χ3v) is 1.05. The van der Waals surface area contributed by atoms with Crippen LogP contribution in [0.4, 0.5) is 0 Å². The largest absolute Gasteiger partial charge is 0.423 e. The number of hydrogen-bond donors (Lipinski definition) is 0. The molecule has 0 aliphatic carbocycles. The summed E-state index contributed by atoms with van der Waals surface area (Å²) >= 11 is 0. The maximum Gasteiger partial charge on any atom is 0.305 e. The molecule has 0 spiro atoms.